The van der Waals surface area contributed by atoms with Gasteiger partial charge in [0.15, 0.2) is 0 Å². The quantitative estimate of drug-likeness (QED) is 0.806. The highest BCUT2D eigenvalue weighted by Gasteiger charge is 2.20. The second-order valence-electron chi connectivity index (χ2n) is 4.63. The summed E-state index contributed by atoms with van der Waals surface area (Å²) in [6.07, 6.45) is 3.75. The second-order valence-corrected chi connectivity index (χ2v) is 4.63. The zero-order valence-corrected chi connectivity index (χ0v) is 10.0. The molecule has 0 spiro atoms. The molecule has 0 saturated carbocycles. The summed E-state index contributed by atoms with van der Waals surface area (Å²) in [5.41, 5.74) is 0.491. The third-order valence-electron chi connectivity index (χ3n) is 3.18. The lowest BCUT2D eigenvalue weighted by Crippen LogP contribution is -2.39. The van der Waals surface area contributed by atoms with Crippen molar-refractivity contribution in [1.29, 1.82) is 0 Å². The Morgan fingerprint density at radius 2 is 2.24 bits per heavy atom. The standard InChI is InChI=1S/C11H18N4O2/c1-9-2-4-14(5-3-9)11(17)7-15-6-10(8-16)12-13-15/h6,9,16H,2-5,7-8H2,1H3. The number of carbonyl (C=O) groups is 1. The SMILES string of the molecule is CC1CCN(C(=O)Cn2cc(CO)nn2)CC1. The number of aliphatic hydroxyl groups excluding tert-OH is 1. The predicted octanol–water partition coefficient (Wildman–Crippen LogP) is 0.0289. The molecule has 0 radical (unpaired) electrons. The zero-order valence-electron chi connectivity index (χ0n) is 10.0. The van der Waals surface area contributed by atoms with E-state index in [-0.39, 0.29) is 19.1 Å². The van der Waals surface area contributed by atoms with Gasteiger partial charge in [-0.25, -0.2) is 4.68 Å². The van der Waals surface area contributed by atoms with E-state index in [1.165, 1.54) is 4.68 Å². The second kappa shape index (κ2) is 5.27. The zero-order chi connectivity index (χ0) is 12.3. The van der Waals surface area contributed by atoms with Gasteiger partial charge in [-0.05, 0) is 18.8 Å². The first-order valence-corrected chi connectivity index (χ1v) is 5.96. The molecule has 2 heterocycles. The lowest BCUT2D eigenvalue weighted by atomic mass is 9.99. The van der Waals surface area contributed by atoms with Crippen molar-refractivity contribution in [3.8, 4) is 0 Å². The van der Waals surface area contributed by atoms with Crippen molar-refractivity contribution in [1.82, 2.24) is 19.9 Å². The average Bonchev–Trinajstić information content (AvgIpc) is 2.77. The van der Waals surface area contributed by atoms with Crippen LogP contribution in [0.15, 0.2) is 6.20 Å². The topological polar surface area (TPSA) is 71.2 Å². The Balaban J connectivity index is 1.88. The molecule has 1 aromatic rings. The van der Waals surface area contributed by atoms with Crippen LogP contribution in [0.3, 0.4) is 0 Å². The maximum atomic E-state index is 11.9. The van der Waals surface area contributed by atoms with E-state index >= 15 is 0 Å². The smallest absolute Gasteiger partial charge is 0.244 e. The van der Waals surface area contributed by atoms with Gasteiger partial charge in [0.2, 0.25) is 5.91 Å². The number of rotatable bonds is 3. The van der Waals surface area contributed by atoms with Crippen LogP contribution in [0, 0.1) is 5.92 Å². The minimum Gasteiger partial charge on any atom is -0.390 e. The number of aromatic nitrogens is 3. The molecular weight excluding hydrogens is 220 g/mol. The van der Waals surface area contributed by atoms with Gasteiger partial charge in [0, 0.05) is 13.1 Å². The van der Waals surface area contributed by atoms with Crippen LogP contribution < -0.4 is 0 Å². The molecule has 0 bridgehead atoms. The fourth-order valence-electron chi connectivity index (χ4n) is 1.98. The Labute approximate surface area is 100 Å². The summed E-state index contributed by atoms with van der Waals surface area (Å²) in [6.45, 7) is 3.95. The molecule has 1 aliphatic rings. The first-order chi connectivity index (χ1) is 8.19. The largest absolute Gasteiger partial charge is 0.390 e. The molecule has 0 aromatic carbocycles. The van der Waals surface area contributed by atoms with Crippen LogP contribution in [0.5, 0.6) is 0 Å². The number of aliphatic hydroxyl groups is 1. The van der Waals surface area contributed by atoms with Gasteiger partial charge in [-0.15, -0.1) is 5.10 Å². The van der Waals surface area contributed by atoms with E-state index in [9.17, 15) is 4.79 Å². The first-order valence-electron chi connectivity index (χ1n) is 5.96. The maximum absolute atomic E-state index is 11.9. The van der Waals surface area contributed by atoms with Gasteiger partial charge in [0.1, 0.15) is 12.2 Å². The molecule has 6 heteroatoms. The Morgan fingerprint density at radius 3 is 2.82 bits per heavy atom. The van der Waals surface area contributed by atoms with Crippen molar-refractivity contribution < 1.29 is 9.90 Å². The van der Waals surface area contributed by atoms with Crippen LogP contribution in [0.1, 0.15) is 25.5 Å². The first kappa shape index (κ1) is 12.0. The number of likely N-dealkylation sites (tertiary alicyclic amines) is 1. The fraction of sp³-hybridized carbons (Fsp3) is 0.727. The lowest BCUT2D eigenvalue weighted by molar-refractivity contribution is -0.133. The molecular formula is C11H18N4O2. The summed E-state index contributed by atoms with van der Waals surface area (Å²) in [5.74, 6) is 0.790. The Morgan fingerprint density at radius 1 is 1.53 bits per heavy atom. The van der Waals surface area contributed by atoms with E-state index in [1.54, 1.807) is 6.20 Å². The molecule has 0 unspecified atom stereocenters. The molecule has 1 aliphatic heterocycles. The third-order valence-corrected chi connectivity index (χ3v) is 3.18. The van der Waals surface area contributed by atoms with Gasteiger partial charge in [-0.3, -0.25) is 4.79 Å². The van der Waals surface area contributed by atoms with Gasteiger partial charge in [-0.1, -0.05) is 12.1 Å². The van der Waals surface area contributed by atoms with E-state index in [2.05, 4.69) is 17.2 Å². The molecule has 1 N–H and O–H groups in total. The highest BCUT2D eigenvalue weighted by Crippen LogP contribution is 2.16. The molecule has 0 aliphatic carbocycles. The van der Waals surface area contributed by atoms with Crippen LogP contribution in [-0.4, -0.2) is 44.0 Å². The molecule has 1 aromatic heterocycles. The van der Waals surface area contributed by atoms with Gasteiger partial charge in [0.25, 0.3) is 0 Å². The summed E-state index contributed by atoms with van der Waals surface area (Å²) in [6, 6.07) is 0. The third kappa shape index (κ3) is 3.03. The molecule has 2 rings (SSSR count). The number of hydrogen-bond donors (Lipinski definition) is 1. The lowest BCUT2D eigenvalue weighted by Gasteiger charge is -2.30. The van der Waals surface area contributed by atoms with Crippen molar-refractivity contribution in [3.05, 3.63) is 11.9 Å². The summed E-state index contributed by atoms with van der Waals surface area (Å²) < 4.78 is 1.48. The van der Waals surface area contributed by atoms with Crippen LogP contribution >= 0.6 is 0 Å². The Kier molecular flexibility index (Phi) is 3.73. The number of nitrogens with zero attached hydrogens (tertiary/aromatic N) is 4. The van der Waals surface area contributed by atoms with E-state index in [0.717, 1.165) is 25.9 Å². The summed E-state index contributed by atoms with van der Waals surface area (Å²) in [5, 5.41) is 16.4. The molecule has 94 valence electrons. The van der Waals surface area contributed by atoms with Crippen LogP contribution in [0.2, 0.25) is 0 Å². The van der Waals surface area contributed by atoms with Crippen molar-refractivity contribution in [2.45, 2.75) is 32.9 Å². The summed E-state index contributed by atoms with van der Waals surface area (Å²) in [4.78, 5) is 13.8. The van der Waals surface area contributed by atoms with Crippen molar-refractivity contribution >= 4 is 5.91 Å². The van der Waals surface area contributed by atoms with Crippen molar-refractivity contribution in [2.24, 2.45) is 5.92 Å². The molecule has 1 amide bonds. The minimum atomic E-state index is -0.143. The molecule has 6 nitrogen and oxygen atoms in total. The van der Waals surface area contributed by atoms with E-state index in [4.69, 9.17) is 5.11 Å². The summed E-state index contributed by atoms with van der Waals surface area (Å²) in [7, 11) is 0. The highest BCUT2D eigenvalue weighted by molar-refractivity contribution is 5.75. The number of piperidine rings is 1. The average molecular weight is 238 g/mol. The highest BCUT2D eigenvalue weighted by atomic mass is 16.3. The monoisotopic (exact) mass is 238 g/mol. The predicted molar refractivity (Wildman–Crippen MR) is 60.9 cm³/mol. The number of carbonyl (C=O) groups excluding carboxylic acids is 1. The normalized spacial score (nSPS) is 17.4. The Hall–Kier alpha value is -1.43. The van der Waals surface area contributed by atoms with Crippen LogP contribution in [0.25, 0.3) is 0 Å². The van der Waals surface area contributed by atoms with Gasteiger partial charge in [-0.2, -0.15) is 0 Å². The van der Waals surface area contributed by atoms with Crippen LogP contribution in [-0.2, 0) is 17.9 Å². The Bertz CT molecular complexity index is 383. The van der Waals surface area contributed by atoms with E-state index < -0.39 is 0 Å². The molecule has 1 fully saturated rings. The van der Waals surface area contributed by atoms with Crippen molar-refractivity contribution in [3.63, 3.8) is 0 Å². The summed E-state index contributed by atoms with van der Waals surface area (Å²) >= 11 is 0. The fourth-order valence-corrected chi connectivity index (χ4v) is 1.98. The van der Waals surface area contributed by atoms with Crippen LogP contribution in [0.4, 0.5) is 0 Å². The number of hydrogen-bond acceptors (Lipinski definition) is 4. The van der Waals surface area contributed by atoms with E-state index in [1.807, 2.05) is 4.90 Å². The number of amides is 1. The minimum absolute atomic E-state index is 0.0753. The van der Waals surface area contributed by atoms with Crippen molar-refractivity contribution in [2.75, 3.05) is 13.1 Å². The molecule has 1 saturated heterocycles. The maximum Gasteiger partial charge on any atom is 0.244 e. The van der Waals surface area contributed by atoms with E-state index in [0.29, 0.717) is 11.6 Å². The van der Waals surface area contributed by atoms with Gasteiger partial charge in [0.05, 0.1) is 12.8 Å². The van der Waals surface area contributed by atoms with Gasteiger partial charge < -0.3 is 10.0 Å². The van der Waals surface area contributed by atoms with Gasteiger partial charge >= 0.3 is 0 Å². The molecule has 0 atom stereocenters. The molecule has 17 heavy (non-hydrogen) atoms.